The summed E-state index contributed by atoms with van der Waals surface area (Å²) in [5.74, 6) is -4.04. The molecule has 0 saturated heterocycles. The molecule has 0 heterocycles. The quantitative estimate of drug-likeness (QED) is 0.204. The van der Waals surface area contributed by atoms with Gasteiger partial charge in [-0.05, 0) is 61.4 Å². The van der Waals surface area contributed by atoms with Crippen LogP contribution in [0.4, 0.5) is 13.2 Å². The average Bonchev–Trinajstić information content (AvgIpc) is 3.85. The van der Waals surface area contributed by atoms with Crippen molar-refractivity contribution in [3.8, 4) is 0 Å². The van der Waals surface area contributed by atoms with Gasteiger partial charge in [-0.3, -0.25) is 19.2 Å². The first-order chi connectivity index (χ1) is 24.3. The molecule has 0 spiro atoms. The van der Waals surface area contributed by atoms with Crippen molar-refractivity contribution in [1.82, 2.24) is 25.6 Å². The minimum absolute atomic E-state index is 0.00606. The number of rotatable bonds is 14. The largest absolute Gasteiger partial charge is 0.471 e. The highest BCUT2D eigenvalue weighted by molar-refractivity contribution is 7.90. The lowest BCUT2D eigenvalue weighted by molar-refractivity contribution is -0.174. The van der Waals surface area contributed by atoms with Gasteiger partial charge >= 0.3 is 12.1 Å². The van der Waals surface area contributed by atoms with Crippen molar-refractivity contribution in [2.24, 2.45) is 11.3 Å². The Morgan fingerprint density at radius 3 is 1.89 bits per heavy atom. The zero-order valence-electron chi connectivity index (χ0n) is 31.9. The predicted molar refractivity (Wildman–Crippen MR) is 196 cm³/mol. The second-order valence-electron chi connectivity index (χ2n) is 15.6. The summed E-state index contributed by atoms with van der Waals surface area (Å²) >= 11 is 0. The molecule has 2 aromatic carbocycles. The normalized spacial score (nSPS) is 16.6. The number of nitrogens with one attached hydrogen (secondary N) is 4. The number of hydrogen-bond donors (Lipinski definition) is 4. The van der Waals surface area contributed by atoms with Crippen LogP contribution < -0.4 is 20.7 Å². The number of hydrogen-bond acceptors (Lipinski definition) is 7. The molecule has 3 atom stereocenters. The van der Waals surface area contributed by atoms with Crippen molar-refractivity contribution in [3.05, 3.63) is 77.4 Å². The fourth-order valence-electron chi connectivity index (χ4n) is 6.28. The second kappa shape index (κ2) is 16.0. The van der Waals surface area contributed by atoms with E-state index in [-0.39, 0.29) is 35.1 Å². The predicted octanol–water partition coefficient (Wildman–Crippen LogP) is 4.69. The van der Waals surface area contributed by atoms with Crippen LogP contribution in [0.2, 0.25) is 0 Å². The molecule has 15 heteroatoms. The summed E-state index contributed by atoms with van der Waals surface area (Å²) in [6, 6.07) is 12.1. The third-order valence-electron chi connectivity index (χ3n) is 9.75. The van der Waals surface area contributed by atoms with Crippen molar-refractivity contribution >= 4 is 33.7 Å². The number of alkyl halides is 3. The molecule has 4 N–H and O–H groups in total. The van der Waals surface area contributed by atoms with Gasteiger partial charge in [-0.1, -0.05) is 97.0 Å². The Hall–Kier alpha value is -4.24. The van der Waals surface area contributed by atoms with Gasteiger partial charge in [0.05, 0.1) is 22.5 Å². The minimum atomic E-state index is -5.06. The fraction of sp³-hybridized carbons (Fsp3) is 0.526. The van der Waals surface area contributed by atoms with Crippen molar-refractivity contribution in [2.75, 3.05) is 14.1 Å². The van der Waals surface area contributed by atoms with Crippen LogP contribution >= 0.6 is 0 Å². The molecule has 53 heavy (non-hydrogen) atoms. The van der Waals surface area contributed by atoms with E-state index in [0.29, 0.717) is 5.56 Å². The molecule has 11 nitrogen and oxygen atoms in total. The lowest BCUT2D eigenvalue weighted by atomic mass is 9.76. The Kier molecular flexibility index (Phi) is 13.0. The molecule has 0 aromatic heterocycles. The van der Waals surface area contributed by atoms with Crippen LogP contribution in [-0.2, 0) is 40.2 Å². The van der Waals surface area contributed by atoms with Crippen LogP contribution in [-0.4, -0.2) is 75.3 Å². The molecule has 292 valence electrons. The van der Waals surface area contributed by atoms with Crippen LogP contribution in [0.15, 0.2) is 71.1 Å². The van der Waals surface area contributed by atoms with E-state index in [2.05, 4.69) is 10.6 Å². The average molecular weight is 764 g/mol. The minimum Gasteiger partial charge on any atom is -0.342 e. The molecule has 4 amide bonds. The van der Waals surface area contributed by atoms with E-state index in [4.69, 9.17) is 0 Å². The monoisotopic (exact) mass is 763 g/mol. The standard InChI is InChI=1S/C38H52F3N5O6S/c1-23(2)28(46(10)33(49)30(35(4,5)6)43-32(48)29(42-9)36(7,8)25-14-12-11-13-15-25)22-24(3)31(47)45-53(51,52)27-18-16-26(17-19-27)37(20-21-37)44-34(50)38(39,40)41/h11-19,22-23,28-30,42H,20-21H2,1-10H3,(H,43,48)(H,44,50)(H,45,47)/b24-22+/t28-,29-,30-/m1/s1. The molecule has 1 saturated carbocycles. The first kappa shape index (κ1) is 43.2. The number of benzene rings is 2. The van der Waals surface area contributed by atoms with E-state index in [0.717, 1.165) is 17.7 Å². The molecular weight excluding hydrogens is 712 g/mol. The van der Waals surface area contributed by atoms with E-state index < -0.39 is 68.4 Å². The van der Waals surface area contributed by atoms with Gasteiger partial charge in [0.25, 0.3) is 15.9 Å². The highest BCUT2D eigenvalue weighted by Gasteiger charge is 2.51. The summed E-state index contributed by atoms with van der Waals surface area (Å²) in [6.07, 6.45) is -3.07. The Balaban J connectivity index is 1.79. The lowest BCUT2D eigenvalue weighted by Crippen LogP contribution is -2.61. The zero-order chi connectivity index (χ0) is 40.3. The first-order valence-electron chi connectivity index (χ1n) is 17.3. The third kappa shape index (κ3) is 10.3. The molecule has 1 fully saturated rings. The van der Waals surface area contributed by atoms with Gasteiger partial charge in [-0.25, -0.2) is 13.1 Å². The van der Waals surface area contributed by atoms with E-state index in [1.165, 1.54) is 30.0 Å². The van der Waals surface area contributed by atoms with Gasteiger partial charge in [0.1, 0.15) is 6.04 Å². The molecule has 3 rings (SSSR count). The summed E-state index contributed by atoms with van der Waals surface area (Å²) < 4.78 is 66.8. The van der Waals surface area contributed by atoms with Crippen molar-refractivity contribution in [3.63, 3.8) is 0 Å². The van der Waals surface area contributed by atoms with Gasteiger partial charge < -0.3 is 20.9 Å². The first-order valence-corrected chi connectivity index (χ1v) is 18.8. The SMILES string of the molecule is CN[C@H](C(=O)N[C@H](C(=O)N(C)[C@H](/C=C(\C)C(=O)NS(=O)(=O)c1ccc(C2(NC(=O)C(F)(F)F)CC2)cc1)C(C)C)C(C)(C)C)C(C)(C)c1ccccc1. The summed E-state index contributed by atoms with van der Waals surface area (Å²) in [6.45, 7) is 14.5. The Bertz CT molecular complexity index is 1800. The van der Waals surface area contributed by atoms with Gasteiger partial charge in [0, 0.05) is 18.0 Å². The van der Waals surface area contributed by atoms with Crippen molar-refractivity contribution in [1.29, 1.82) is 0 Å². The molecule has 0 radical (unpaired) electrons. The topological polar surface area (TPSA) is 154 Å². The van der Waals surface area contributed by atoms with Gasteiger partial charge in [-0.2, -0.15) is 13.2 Å². The fourth-order valence-corrected chi connectivity index (χ4v) is 7.29. The third-order valence-corrected chi connectivity index (χ3v) is 11.1. The molecule has 0 unspecified atom stereocenters. The molecule has 0 aliphatic heterocycles. The highest BCUT2D eigenvalue weighted by atomic mass is 32.2. The number of halogens is 3. The Morgan fingerprint density at radius 1 is 0.887 bits per heavy atom. The van der Waals surface area contributed by atoms with E-state index >= 15 is 0 Å². The maximum absolute atomic E-state index is 14.2. The molecule has 1 aliphatic rings. The van der Waals surface area contributed by atoms with Crippen LogP contribution in [0.25, 0.3) is 0 Å². The number of nitrogens with zero attached hydrogens (tertiary/aromatic N) is 1. The summed E-state index contributed by atoms with van der Waals surface area (Å²) in [5.41, 5.74) is -1.36. The van der Waals surface area contributed by atoms with Crippen LogP contribution in [0.3, 0.4) is 0 Å². The smallest absolute Gasteiger partial charge is 0.342 e. The summed E-state index contributed by atoms with van der Waals surface area (Å²) in [7, 11) is -1.17. The number of sulfonamides is 1. The number of amides is 4. The maximum atomic E-state index is 14.2. The van der Waals surface area contributed by atoms with Gasteiger partial charge in [0.2, 0.25) is 11.8 Å². The van der Waals surface area contributed by atoms with Crippen molar-refractivity contribution in [2.45, 2.75) is 108 Å². The molecular formula is C38H52F3N5O6S. The zero-order valence-corrected chi connectivity index (χ0v) is 32.8. The van der Waals surface area contributed by atoms with Gasteiger partial charge in [0.15, 0.2) is 0 Å². The number of likely N-dealkylation sites (N-methyl/N-ethyl adjacent to an activating group) is 2. The molecule has 0 bridgehead atoms. The second-order valence-corrected chi connectivity index (χ2v) is 17.3. The van der Waals surface area contributed by atoms with Crippen LogP contribution in [0, 0.1) is 11.3 Å². The lowest BCUT2D eigenvalue weighted by Gasteiger charge is -2.40. The van der Waals surface area contributed by atoms with E-state index in [1.54, 1.807) is 14.1 Å². The Morgan fingerprint density at radius 2 is 1.43 bits per heavy atom. The van der Waals surface area contributed by atoms with Gasteiger partial charge in [-0.15, -0.1) is 0 Å². The molecule has 1 aliphatic carbocycles. The number of carbonyl (C=O) groups excluding carboxylic acids is 4. The summed E-state index contributed by atoms with van der Waals surface area (Å²) in [5, 5.41) is 8.06. The van der Waals surface area contributed by atoms with E-state index in [1.807, 2.05) is 88.8 Å². The van der Waals surface area contributed by atoms with Crippen molar-refractivity contribution < 1.29 is 40.8 Å². The Labute approximate surface area is 310 Å². The van der Waals surface area contributed by atoms with Crippen LogP contribution in [0.1, 0.15) is 79.4 Å². The highest BCUT2D eigenvalue weighted by Crippen LogP contribution is 2.46. The maximum Gasteiger partial charge on any atom is 0.471 e. The van der Waals surface area contributed by atoms with Crippen LogP contribution in [0.5, 0.6) is 0 Å². The van der Waals surface area contributed by atoms with E-state index in [9.17, 15) is 40.8 Å². The molecule has 2 aromatic rings. The summed E-state index contributed by atoms with van der Waals surface area (Å²) in [4.78, 5) is 53.8. The number of carbonyl (C=O) groups is 4.